The normalized spacial score (nSPS) is 10.9. The molecule has 130 valence electrons. The fourth-order valence-corrected chi connectivity index (χ4v) is 2.88. The summed E-state index contributed by atoms with van der Waals surface area (Å²) in [4.78, 5) is 12.5. The van der Waals surface area contributed by atoms with Crippen LogP contribution in [0.4, 0.5) is 0 Å². The number of nitrogens with one attached hydrogen (secondary N) is 2. The van der Waals surface area contributed by atoms with Crippen LogP contribution in [0.2, 0.25) is 5.02 Å². The molecule has 2 heterocycles. The number of aryl methyl sites for hydroxylation is 3. The SMILES string of the molecule is Cc1nn(-c2cccc(C(=O)NCc3c(C)n[nH]c3C)c2)c(C)c1Cl. The molecule has 0 unspecified atom stereocenters. The molecule has 1 aromatic carbocycles. The Morgan fingerprint density at radius 1 is 1.24 bits per heavy atom. The van der Waals surface area contributed by atoms with Crippen LogP contribution in [-0.2, 0) is 6.54 Å². The number of hydrogen-bond acceptors (Lipinski definition) is 3. The molecule has 3 rings (SSSR count). The van der Waals surface area contributed by atoms with Gasteiger partial charge in [-0.05, 0) is 45.9 Å². The molecule has 2 aromatic heterocycles. The van der Waals surface area contributed by atoms with Gasteiger partial charge in [-0.1, -0.05) is 17.7 Å². The molecular weight excluding hydrogens is 338 g/mol. The van der Waals surface area contributed by atoms with E-state index >= 15 is 0 Å². The summed E-state index contributed by atoms with van der Waals surface area (Å²) < 4.78 is 1.75. The molecule has 0 bridgehead atoms. The molecule has 0 spiro atoms. The highest BCUT2D eigenvalue weighted by Gasteiger charge is 2.13. The number of benzene rings is 1. The maximum Gasteiger partial charge on any atom is 0.251 e. The third-order valence-electron chi connectivity index (χ3n) is 4.26. The molecule has 0 fully saturated rings. The van der Waals surface area contributed by atoms with E-state index in [-0.39, 0.29) is 5.91 Å². The summed E-state index contributed by atoms with van der Waals surface area (Å²) >= 11 is 6.22. The maximum absolute atomic E-state index is 12.5. The summed E-state index contributed by atoms with van der Waals surface area (Å²) in [6, 6.07) is 7.32. The summed E-state index contributed by atoms with van der Waals surface area (Å²) in [6.45, 7) is 8.05. The molecule has 25 heavy (non-hydrogen) atoms. The van der Waals surface area contributed by atoms with E-state index in [0.29, 0.717) is 17.1 Å². The van der Waals surface area contributed by atoms with Crippen LogP contribution in [0, 0.1) is 27.7 Å². The molecule has 0 aliphatic rings. The van der Waals surface area contributed by atoms with Crippen molar-refractivity contribution in [1.29, 1.82) is 0 Å². The van der Waals surface area contributed by atoms with Crippen molar-refractivity contribution in [1.82, 2.24) is 25.3 Å². The number of halogens is 1. The van der Waals surface area contributed by atoms with Gasteiger partial charge in [0.15, 0.2) is 0 Å². The maximum atomic E-state index is 12.5. The number of aromatic amines is 1. The lowest BCUT2D eigenvalue weighted by Crippen LogP contribution is -2.23. The van der Waals surface area contributed by atoms with Gasteiger partial charge in [0.1, 0.15) is 0 Å². The second-order valence-electron chi connectivity index (χ2n) is 6.04. The van der Waals surface area contributed by atoms with Crippen molar-refractivity contribution in [2.75, 3.05) is 0 Å². The van der Waals surface area contributed by atoms with E-state index in [2.05, 4.69) is 20.6 Å². The molecular formula is C18H20ClN5O. The molecule has 3 aromatic rings. The summed E-state index contributed by atoms with van der Waals surface area (Å²) in [5.41, 5.74) is 5.85. The largest absolute Gasteiger partial charge is 0.348 e. The zero-order chi connectivity index (χ0) is 18.1. The van der Waals surface area contributed by atoms with Crippen LogP contribution in [0.15, 0.2) is 24.3 Å². The van der Waals surface area contributed by atoms with Gasteiger partial charge in [-0.3, -0.25) is 9.89 Å². The lowest BCUT2D eigenvalue weighted by Gasteiger charge is -2.09. The van der Waals surface area contributed by atoms with Crippen LogP contribution in [0.5, 0.6) is 0 Å². The Kier molecular flexibility index (Phi) is 4.63. The van der Waals surface area contributed by atoms with Gasteiger partial charge in [0.2, 0.25) is 0 Å². The standard InChI is InChI=1S/C18H20ClN5O/c1-10-16(11(2)22-21-10)9-20-18(25)14-6-5-7-15(8-14)24-13(4)17(19)12(3)23-24/h5-8H,9H2,1-4H3,(H,20,25)(H,21,22). The quantitative estimate of drug-likeness (QED) is 0.751. The first-order valence-corrected chi connectivity index (χ1v) is 8.37. The Morgan fingerprint density at radius 2 is 2.00 bits per heavy atom. The van der Waals surface area contributed by atoms with E-state index in [1.807, 2.05) is 39.8 Å². The first-order chi connectivity index (χ1) is 11.9. The first-order valence-electron chi connectivity index (χ1n) is 7.99. The van der Waals surface area contributed by atoms with Crippen molar-refractivity contribution >= 4 is 17.5 Å². The van der Waals surface area contributed by atoms with Crippen LogP contribution in [0.25, 0.3) is 5.69 Å². The van der Waals surface area contributed by atoms with Crippen molar-refractivity contribution in [2.45, 2.75) is 34.2 Å². The fourth-order valence-electron chi connectivity index (χ4n) is 2.76. The average molecular weight is 358 g/mol. The highest BCUT2D eigenvalue weighted by Crippen LogP contribution is 2.22. The first kappa shape index (κ1) is 17.2. The fraction of sp³-hybridized carbons (Fsp3) is 0.278. The van der Waals surface area contributed by atoms with E-state index in [4.69, 9.17) is 11.6 Å². The predicted molar refractivity (Wildman–Crippen MR) is 97.3 cm³/mol. The average Bonchev–Trinajstić information content (AvgIpc) is 3.06. The minimum Gasteiger partial charge on any atom is -0.348 e. The van der Waals surface area contributed by atoms with Crippen molar-refractivity contribution < 1.29 is 4.79 Å². The van der Waals surface area contributed by atoms with Crippen molar-refractivity contribution in [2.24, 2.45) is 0 Å². The van der Waals surface area contributed by atoms with E-state index < -0.39 is 0 Å². The number of nitrogens with zero attached hydrogens (tertiary/aromatic N) is 3. The number of carbonyl (C=O) groups is 1. The highest BCUT2D eigenvalue weighted by molar-refractivity contribution is 6.31. The Hall–Kier alpha value is -2.60. The van der Waals surface area contributed by atoms with Gasteiger partial charge in [0.25, 0.3) is 5.91 Å². The van der Waals surface area contributed by atoms with Crippen LogP contribution < -0.4 is 5.32 Å². The zero-order valence-electron chi connectivity index (χ0n) is 14.6. The minimum atomic E-state index is -0.144. The van der Waals surface area contributed by atoms with Crippen molar-refractivity contribution in [3.63, 3.8) is 0 Å². The van der Waals surface area contributed by atoms with Crippen LogP contribution in [0.3, 0.4) is 0 Å². The molecule has 0 aliphatic carbocycles. The highest BCUT2D eigenvalue weighted by atomic mass is 35.5. The molecule has 0 saturated carbocycles. The van der Waals surface area contributed by atoms with Gasteiger partial charge in [0, 0.05) is 23.4 Å². The van der Waals surface area contributed by atoms with Gasteiger partial charge in [-0.2, -0.15) is 10.2 Å². The van der Waals surface area contributed by atoms with Crippen LogP contribution in [0.1, 0.15) is 38.7 Å². The van der Waals surface area contributed by atoms with Crippen LogP contribution >= 0.6 is 11.6 Å². The number of H-pyrrole nitrogens is 1. The Morgan fingerprint density at radius 3 is 2.60 bits per heavy atom. The number of rotatable bonds is 4. The number of carbonyl (C=O) groups excluding carboxylic acids is 1. The molecule has 2 N–H and O–H groups in total. The van der Waals surface area contributed by atoms with E-state index in [0.717, 1.165) is 34.0 Å². The minimum absolute atomic E-state index is 0.144. The Balaban J connectivity index is 1.81. The Labute approximate surface area is 151 Å². The molecule has 6 nitrogen and oxygen atoms in total. The summed E-state index contributed by atoms with van der Waals surface area (Å²) in [5.74, 6) is -0.144. The van der Waals surface area contributed by atoms with Gasteiger partial charge in [-0.15, -0.1) is 0 Å². The second-order valence-corrected chi connectivity index (χ2v) is 6.42. The lowest BCUT2D eigenvalue weighted by atomic mass is 10.1. The van der Waals surface area contributed by atoms with Crippen molar-refractivity contribution in [3.8, 4) is 5.69 Å². The Bertz CT molecular complexity index is 922. The molecule has 0 atom stereocenters. The van der Waals surface area contributed by atoms with E-state index in [1.54, 1.807) is 16.8 Å². The smallest absolute Gasteiger partial charge is 0.251 e. The van der Waals surface area contributed by atoms with E-state index in [1.165, 1.54) is 0 Å². The molecule has 0 aliphatic heterocycles. The summed E-state index contributed by atoms with van der Waals surface area (Å²) in [6.07, 6.45) is 0. The van der Waals surface area contributed by atoms with Crippen LogP contribution in [-0.4, -0.2) is 25.9 Å². The number of amides is 1. The van der Waals surface area contributed by atoms with Gasteiger partial charge in [-0.25, -0.2) is 4.68 Å². The van der Waals surface area contributed by atoms with Gasteiger partial charge in [0.05, 0.1) is 27.8 Å². The van der Waals surface area contributed by atoms with Gasteiger partial charge < -0.3 is 5.32 Å². The molecule has 7 heteroatoms. The van der Waals surface area contributed by atoms with E-state index in [9.17, 15) is 4.79 Å². The molecule has 0 saturated heterocycles. The second kappa shape index (κ2) is 6.72. The van der Waals surface area contributed by atoms with Gasteiger partial charge >= 0.3 is 0 Å². The lowest BCUT2D eigenvalue weighted by molar-refractivity contribution is 0.0951. The number of hydrogen-bond donors (Lipinski definition) is 2. The molecule has 1 amide bonds. The predicted octanol–water partition coefficient (Wildman–Crippen LogP) is 3.41. The topological polar surface area (TPSA) is 75.6 Å². The summed E-state index contributed by atoms with van der Waals surface area (Å²) in [7, 11) is 0. The molecule has 0 radical (unpaired) electrons. The third kappa shape index (κ3) is 3.30. The monoisotopic (exact) mass is 357 g/mol. The number of aromatic nitrogens is 4. The van der Waals surface area contributed by atoms with Crippen molar-refractivity contribution in [3.05, 3.63) is 63.2 Å². The summed E-state index contributed by atoms with van der Waals surface area (Å²) in [5, 5.41) is 15.1. The zero-order valence-corrected chi connectivity index (χ0v) is 15.4. The third-order valence-corrected chi connectivity index (χ3v) is 4.81.